The van der Waals surface area contributed by atoms with Gasteiger partial charge in [0.2, 0.25) is 11.8 Å². The summed E-state index contributed by atoms with van der Waals surface area (Å²) >= 11 is 0. The highest BCUT2D eigenvalue weighted by molar-refractivity contribution is 6.05. The molecule has 7 nitrogen and oxygen atoms in total. The lowest BCUT2D eigenvalue weighted by atomic mass is 10.1. The first-order valence-electron chi connectivity index (χ1n) is 8.85. The number of nitrogens with zero attached hydrogens (tertiary/aromatic N) is 2. The number of halogens is 3. The van der Waals surface area contributed by atoms with Crippen molar-refractivity contribution in [1.29, 1.82) is 0 Å². The zero-order chi connectivity index (χ0) is 20.6. The molecule has 2 amide bonds. The van der Waals surface area contributed by atoms with E-state index in [9.17, 15) is 32.7 Å². The van der Waals surface area contributed by atoms with E-state index in [1.54, 1.807) is 6.07 Å². The number of alkyl halides is 3. The number of carboxylic acids is 1. The number of carboxylic acid groups (broad SMARTS) is 1. The van der Waals surface area contributed by atoms with Gasteiger partial charge in [-0.3, -0.25) is 24.2 Å². The van der Waals surface area contributed by atoms with Gasteiger partial charge < -0.3 is 10.4 Å². The largest absolute Gasteiger partial charge is 0.480 e. The summed E-state index contributed by atoms with van der Waals surface area (Å²) in [6.45, 7) is 0.921. The van der Waals surface area contributed by atoms with Crippen LogP contribution in [0.5, 0.6) is 0 Å². The van der Waals surface area contributed by atoms with Crippen LogP contribution >= 0.6 is 0 Å². The van der Waals surface area contributed by atoms with E-state index in [4.69, 9.17) is 0 Å². The minimum Gasteiger partial charge on any atom is -0.480 e. The summed E-state index contributed by atoms with van der Waals surface area (Å²) in [6.07, 6.45) is -4.39. The van der Waals surface area contributed by atoms with Crippen LogP contribution in [0.2, 0.25) is 0 Å². The Hall–Kier alpha value is -2.62. The fourth-order valence-electron chi connectivity index (χ4n) is 3.36. The number of hydrogen-bond donors (Lipinski definition) is 2. The van der Waals surface area contributed by atoms with E-state index in [2.05, 4.69) is 5.32 Å². The standard InChI is InChI=1S/C18H20F3N3O4/c1-10(17(27)28)23(11-6-7-11)9-16(26)24-13-5-3-2-4-12(13)22-15(25)8-14(24)18(19,20)21/h2-5,10-11,14H,6-9H2,1H3,(H,22,25)(H,27,28). The summed E-state index contributed by atoms with van der Waals surface area (Å²) in [5.41, 5.74) is 0.0521. The highest BCUT2D eigenvalue weighted by atomic mass is 19.4. The lowest BCUT2D eigenvalue weighted by Gasteiger charge is -2.34. The Morgan fingerprint density at radius 2 is 1.96 bits per heavy atom. The molecule has 0 aromatic heterocycles. The smallest absolute Gasteiger partial charge is 0.409 e. The molecule has 1 aromatic carbocycles. The van der Waals surface area contributed by atoms with E-state index in [-0.39, 0.29) is 17.4 Å². The van der Waals surface area contributed by atoms with Gasteiger partial charge >= 0.3 is 12.1 Å². The predicted octanol–water partition coefficient (Wildman–Crippen LogP) is 2.23. The zero-order valence-electron chi connectivity index (χ0n) is 15.1. The number of para-hydroxylation sites is 2. The molecular weight excluding hydrogens is 379 g/mol. The van der Waals surface area contributed by atoms with Gasteiger partial charge in [-0.15, -0.1) is 0 Å². The zero-order valence-corrected chi connectivity index (χ0v) is 15.1. The molecule has 0 saturated heterocycles. The summed E-state index contributed by atoms with van der Waals surface area (Å²) in [7, 11) is 0. The molecule has 2 unspecified atom stereocenters. The number of carbonyl (C=O) groups is 3. The van der Waals surface area contributed by atoms with Gasteiger partial charge in [-0.1, -0.05) is 12.1 Å². The molecule has 10 heteroatoms. The van der Waals surface area contributed by atoms with Crippen molar-refractivity contribution in [2.45, 2.75) is 50.5 Å². The van der Waals surface area contributed by atoms with Gasteiger partial charge in [-0.25, -0.2) is 0 Å². The van der Waals surface area contributed by atoms with Crippen LogP contribution in [0.25, 0.3) is 0 Å². The number of amides is 2. The van der Waals surface area contributed by atoms with Crippen LogP contribution in [0.3, 0.4) is 0 Å². The Bertz CT molecular complexity index is 795. The first-order chi connectivity index (χ1) is 13.1. The number of carbonyl (C=O) groups excluding carboxylic acids is 2. The molecule has 2 N–H and O–H groups in total. The topological polar surface area (TPSA) is 89.9 Å². The molecule has 0 bridgehead atoms. The maximum absolute atomic E-state index is 13.7. The van der Waals surface area contributed by atoms with Crippen LogP contribution in [-0.4, -0.2) is 58.6 Å². The van der Waals surface area contributed by atoms with Crippen molar-refractivity contribution < 1.29 is 32.7 Å². The average molecular weight is 399 g/mol. The van der Waals surface area contributed by atoms with Crippen molar-refractivity contribution in [2.24, 2.45) is 0 Å². The third-order valence-electron chi connectivity index (χ3n) is 4.96. The highest BCUT2D eigenvalue weighted by Gasteiger charge is 2.49. The molecule has 28 heavy (non-hydrogen) atoms. The maximum atomic E-state index is 13.7. The van der Waals surface area contributed by atoms with Crippen molar-refractivity contribution >= 4 is 29.2 Å². The molecule has 1 aliphatic carbocycles. The van der Waals surface area contributed by atoms with Crippen LogP contribution in [0.1, 0.15) is 26.2 Å². The van der Waals surface area contributed by atoms with Crippen molar-refractivity contribution in [3.05, 3.63) is 24.3 Å². The Morgan fingerprint density at radius 1 is 1.32 bits per heavy atom. The van der Waals surface area contributed by atoms with Gasteiger partial charge in [-0.05, 0) is 31.9 Å². The molecular formula is C18H20F3N3O4. The van der Waals surface area contributed by atoms with E-state index in [1.807, 2.05) is 0 Å². The Labute approximate surface area is 159 Å². The molecule has 2 atom stereocenters. The maximum Gasteiger partial charge on any atom is 0.409 e. The summed E-state index contributed by atoms with van der Waals surface area (Å²) in [6, 6.07) is 2.28. The second-order valence-electron chi connectivity index (χ2n) is 7.01. The number of anilines is 2. The lowest BCUT2D eigenvalue weighted by Crippen LogP contribution is -2.54. The second kappa shape index (κ2) is 7.42. The molecule has 1 saturated carbocycles. The molecule has 1 fully saturated rings. The summed E-state index contributed by atoms with van der Waals surface area (Å²) in [5, 5.41) is 11.7. The number of hydrogen-bond acceptors (Lipinski definition) is 4. The van der Waals surface area contributed by atoms with Crippen LogP contribution in [0.4, 0.5) is 24.5 Å². The van der Waals surface area contributed by atoms with Gasteiger partial charge in [0.1, 0.15) is 12.1 Å². The predicted molar refractivity (Wildman–Crippen MR) is 93.8 cm³/mol. The van der Waals surface area contributed by atoms with E-state index in [0.717, 1.165) is 0 Å². The minimum absolute atomic E-state index is 0.0561. The summed E-state index contributed by atoms with van der Waals surface area (Å²) < 4.78 is 41.1. The third kappa shape index (κ3) is 4.11. The molecule has 1 aromatic rings. The molecule has 1 heterocycles. The molecule has 0 radical (unpaired) electrons. The van der Waals surface area contributed by atoms with Gasteiger partial charge in [0.15, 0.2) is 0 Å². The first-order valence-corrected chi connectivity index (χ1v) is 8.85. The fraction of sp³-hybridized carbons (Fsp3) is 0.500. The van der Waals surface area contributed by atoms with Crippen molar-refractivity contribution in [3.63, 3.8) is 0 Å². The van der Waals surface area contributed by atoms with Crippen LogP contribution in [0.15, 0.2) is 24.3 Å². The molecule has 0 spiro atoms. The number of fused-ring (bicyclic) bond motifs is 1. The van der Waals surface area contributed by atoms with E-state index < -0.39 is 49.0 Å². The van der Waals surface area contributed by atoms with Gasteiger partial charge in [0.05, 0.1) is 24.3 Å². The van der Waals surface area contributed by atoms with Gasteiger partial charge in [0.25, 0.3) is 0 Å². The van der Waals surface area contributed by atoms with Crippen molar-refractivity contribution in [3.8, 4) is 0 Å². The Morgan fingerprint density at radius 3 is 2.54 bits per heavy atom. The number of rotatable bonds is 5. The molecule has 3 rings (SSSR count). The average Bonchev–Trinajstić information content (AvgIpc) is 3.44. The van der Waals surface area contributed by atoms with Gasteiger partial charge in [0, 0.05) is 6.04 Å². The quantitative estimate of drug-likeness (QED) is 0.793. The lowest BCUT2D eigenvalue weighted by molar-refractivity contribution is -0.158. The molecule has 2 aliphatic rings. The highest BCUT2D eigenvalue weighted by Crippen LogP contribution is 2.38. The van der Waals surface area contributed by atoms with Crippen molar-refractivity contribution in [2.75, 3.05) is 16.8 Å². The molecule has 1 aliphatic heterocycles. The normalized spacial score (nSPS) is 21.0. The van der Waals surface area contributed by atoms with E-state index >= 15 is 0 Å². The second-order valence-corrected chi connectivity index (χ2v) is 7.01. The monoisotopic (exact) mass is 399 g/mol. The van der Waals surface area contributed by atoms with Crippen LogP contribution in [-0.2, 0) is 14.4 Å². The fourth-order valence-corrected chi connectivity index (χ4v) is 3.36. The van der Waals surface area contributed by atoms with Gasteiger partial charge in [-0.2, -0.15) is 13.2 Å². The summed E-state index contributed by atoms with van der Waals surface area (Å²) in [5.74, 6) is -2.89. The Balaban J connectivity index is 1.98. The summed E-state index contributed by atoms with van der Waals surface area (Å²) in [4.78, 5) is 38.3. The Kier molecular flexibility index (Phi) is 5.33. The number of benzene rings is 1. The number of nitrogens with one attached hydrogen (secondary N) is 1. The third-order valence-corrected chi connectivity index (χ3v) is 4.96. The van der Waals surface area contributed by atoms with E-state index in [0.29, 0.717) is 17.7 Å². The molecule has 152 valence electrons. The van der Waals surface area contributed by atoms with Crippen molar-refractivity contribution in [1.82, 2.24) is 4.90 Å². The number of aliphatic carboxylic acids is 1. The minimum atomic E-state index is -4.83. The van der Waals surface area contributed by atoms with Crippen LogP contribution < -0.4 is 10.2 Å². The van der Waals surface area contributed by atoms with Crippen LogP contribution in [0, 0.1) is 0 Å². The van der Waals surface area contributed by atoms with E-state index in [1.165, 1.54) is 30.0 Å². The SMILES string of the molecule is CC(C(=O)O)N(CC(=O)N1c2ccccc2NC(=O)CC1C(F)(F)F)C1CC1. The first kappa shape index (κ1) is 20.1.